The molecule has 2 aliphatic rings. The highest BCUT2D eigenvalue weighted by molar-refractivity contribution is 6.65. The van der Waals surface area contributed by atoms with Gasteiger partial charge in [0.1, 0.15) is 0 Å². The Morgan fingerprint density at radius 3 is 2.28 bits per heavy atom. The van der Waals surface area contributed by atoms with Crippen LogP contribution in [0.5, 0.6) is 0 Å². The molecular weight excluding hydrogens is 380 g/mol. The van der Waals surface area contributed by atoms with E-state index in [1.54, 1.807) is 18.2 Å². The Labute approximate surface area is 169 Å². The maximum Gasteiger partial charge on any atom is 0.495 e. The van der Waals surface area contributed by atoms with Crippen LogP contribution in [0.25, 0.3) is 16.3 Å². The fourth-order valence-electron chi connectivity index (χ4n) is 3.80. The van der Waals surface area contributed by atoms with E-state index in [2.05, 4.69) is 0 Å². The second kappa shape index (κ2) is 6.86. The lowest BCUT2D eigenvalue weighted by Crippen LogP contribution is -2.41. The van der Waals surface area contributed by atoms with Crippen LogP contribution in [0.15, 0.2) is 36.4 Å². The molecule has 2 heterocycles. The Kier molecular flexibility index (Phi) is 4.84. The van der Waals surface area contributed by atoms with Crippen LogP contribution in [-0.4, -0.2) is 31.5 Å². The van der Waals surface area contributed by atoms with Gasteiger partial charge in [-0.05, 0) is 73.6 Å². The molecule has 1 saturated heterocycles. The van der Waals surface area contributed by atoms with Crippen LogP contribution in [0.4, 0.5) is 13.2 Å². The van der Waals surface area contributed by atoms with Gasteiger partial charge in [0.05, 0.1) is 30.0 Å². The first-order chi connectivity index (χ1) is 13.5. The first-order valence-electron chi connectivity index (χ1n) is 9.76. The number of alkyl halides is 3. The molecule has 1 fully saturated rings. The van der Waals surface area contributed by atoms with Crippen molar-refractivity contribution in [1.82, 2.24) is 0 Å². The predicted molar refractivity (Wildman–Crippen MR) is 108 cm³/mol. The summed E-state index contributed by atoms with van der Waals surface area (Å²) in [4.78, 5) is 0. The smallest absolute Gasteiger partial charge is 0.399 e. The van der Waals surface area contributed by atoms with Crippen molar-refractivity contribution in [1.29, 1.82) is 0 Å². The molecule has 2 aromatic carbocycles. The second-order valence-electron chi connectivity index (χ2n) is 8.61. The zero-order chi connectivity index (χ0) is 21.0. The van der Waals surface area contributed by atoms with Gasteiger partial charge in [-0.3, -0.25) is 0 Å². The predicted octanol–water partition coefficient (Wildman–Crippen LogP) is 4.96. The fourth-order valence-corrected chi connectivity index (χ4v) is 3.80. The highest BCUT2D eigenvalue weighted by Gasteiger charge is 2.52. The van der Waals surface area contributed by atoms with E-state index in [4.69, 9.17) is 14.0 Å². The molecule has 0 amide bonds. The maximum atomic E-state index is 14.0. The van der Waals surface area contributed by atoms with Gasteiger partial charge in [-0.15, -0.1) is 0 Å². The second-order valence-corrected chi connectivity index (χ2v) is 8.61. The normalized spacial score (nSPS) is 21.5. The molecule has 0 radical (unpaired) electrons. The van der Waals surface area contributed by atoms with E-state index < -0.39 is 30.1 Å². The Bertz CT molecular complexity index is 963. The number of benzene rings is 2. The quantitative estimate of drug-likeness (QED) is 0.663. The fraction of sp³-hybridized carbons (Fsp3) is 0.455. The summed E-state index contributed by atoms with van der Waals surface area (Å²) in [5, 5.41) is 1.22. The summed E-state index contributed by atoms with van der Waals surface area (Å²) in [6, 6.07) is 8.30. The van der Waals surface area contributed by atoms with E-state index >= 15 is 0 Å². The number of hydrogen-bond donors (Lipinski definition) is 0. The molecule has 4 rings (SSSR count). The topological polar surface area (TPSA) is 27.7 Å². The average molecular weight is 404 g/mol. The van der Waals surface area contributed by atoms with Gasteiger partial charge < -0.3 is 14.0 Å². The highest BCUT2D eigenvalue weighted by Crippen LogP contribution is 2.40. The van der Waals surface area contributed by atoms with Crippen molar-refractivity contribution in [3.63, 3.8) is 0 Å². The van der Waals surface area contributed by atoms with Crippen LogP contribution in [0.1, 0.15) is 45.2 Å². The first-order valence-corrected chi connectivity index (χ1v) is 9.76. The van der Waals surface area contributed by atoms with Gasteiger partial charge in [0, 0.05) is 0 Å². The summed E-state index contributed by atoms with van der Waals surface area (Å²) in [6.45, 7) is 8.46. The van der Waals surface area contributed by atoms with Gasteiger partial charge in [-0.25, -0.2) is 0 Å². The minimum atomic E-state index is -4.47. The molecule has 0 N–H and O–H groups in total. The van der Waals surface area contributed by atoms with Crippen LogP contribution in [0.2, 0.25) is 0 Å². The molecule has 0 atom stereocenters. The molecule has 0 bridgehead atoms. The van der Waals surface area contributed by atoms with Crippen molar-refractivity contribution in [3.05, 3.63) is 47.5 Å². The van der Waals surface area contributed by atoms with Gasteiger partial charge in [-0.1, -0.05) is 24.3 Å². The van der Waals surface area contributed by atoms with Gasteiger partial charge in [-0.2, -0.15) is 13.2 Å². The molecule has 2 aromatic rings. The first kappa shape index (κ1) is 20.4. The van der Waals surface area contributed by atoms with Crippen molar-refractivity contribution >= 4 is 28.9 Å². The number of halogens is 3. The molecule has 2 aliphatic heterocycles. The summed E-state index contributed by atoms with van der Waals surface area (Å²) in [5.41, 5.74) is -0.272. The van der Waals surface area contributed by atoms with E-state index in [1.807, 2.05) is 39.8 Å². The Morgan fingerprint density at radius 2 is 1.69 bits per heavy atom. The van der Waals surface area contributed by atoms with E-state index in [9.17, 15) is 13.2 Å². The Hall–Kier alpha value is -1.83. The minimum absolute atomic E-state index is 0.222. The number of fused-ring (bicyclic) bond motifs is 1. The van der Waals surface area contributed by atoms with E-state index in [-0.39, 0.29) is 5.56 Å². The summed E-state index contributed by atoms with van der Waals surface area (Å²) in [6.07, 6.45) is -2.27. The third kappa shape index (κ3) is 3.60. The lowest BCUT2D eigenvalue weighted by molar-refractivity contribution is -0.137. The summed E-state index contributed by atoms with van der Waals surface area (Å²) < 4.78 is 59.4. The minimum Gasteiger partial charge on any atom is -0.399 e. The van der Waals surface area contributed by atoms with Gasteiger partial charge in [0.25, 0.3) is 0 Å². The van der Waals surface area contributed by atoms with Crippen LogP contribution < -0.4 is 5.46 Å². The molecule has 7 heteroatoms. The van der Waals surface area contributed by atoms with E-state index in [0.29, 0.717) is 36.1 Å². The number of ether oxygens (including phenoxy) is 1. The largest absolute Gasteiger partial charge is 0.495 e. The molecule has 3 nitrogen and oxygen atoms in total. The van der Waals surface area contributed by atoms with Crippen LogP contribution >= 0.6 is 0 Å². The van der Waals surface area contributed by atoms with E-state index in [0.717, 1.165) is 5.39 Å². The van der Waals surface area contributed by atoms with Crippen molar-refractivity contribution in [2.24, 2.45) is 0 Å². The SMILES string of the molecule is CC1(C)OB(c2cccc3cc(C4=CCOCC4)c(C(F)(F)F)cc23)OC1(C)C. The Morgan fingerprint density at radius 1 is 1.00 bits per heavy atom. The molecule has 154 valence electrons. The third-order valence-corrected chi connectivity index (χ3v) is 6.17. The summed E-state index contributed by atoms with van der Waals surface area (Å²) in [5.74, 6) is 0. The van der Waals surface area contributed by atoms with Crippen LogP contribution in [0, 0.1) is 0 Å². The molecule has 0 saturated carbocycles. The zero-order valence-electron chi connectivity index (χ0n) is 17.0. The van der Waals surface area contributed by atoms with Crippen LogP contribution in [-0.2, 0) is 20.2 Å². The monoisotopic (exact) mass is 404 g/mol. The van der Waals surface area contributed by atoms with E-state index in [1.165, 1.54) is 6.07 Å². The molecule has 0 spiro atoms. The lowest BCUT2D eigenvalue weighted by Gasteiger charge is -2.32. The molecule has 0 unspecified atom stereocenters. The molecule has 29 heavy (non-hydrogen) atoms. The average Bonchev–Trinajstić information content (AvgIpc) is 2.87. The zero-order valence-corrected chi connectivity index (χ0v) is 17.0. The highest BCUT2D eigenvalue weighted by atomic mass is 19.4. The van der Waals surface area contributed by atoms with Crippen molar-refractivity contribution < 1.29 is 27.2 Å². The maximum absolute atomic E-state index is 14.0. The number of hydrogen-bond acceptors (Lipinski definition) is 3. The summed E-state index contributed by atoms with van der Waals surface area (Å²) >= 11 is 0. The molecule has 0 aliphatic carbocycles. The van der Waals surface area contributed by atoms with Crippen LogP contribution in [0.3, 0.4) is 0 Å². The summed E-state index contributed by atoms with van der Waals surface area (Å²) in [7, 11) is -0.724. The standard InChI is InChI=1S/C22H24BF3O3/c1-20(2)21(3,4)29-23(28-20)19-7-5-6-15-12-16(14-8-10-27-11-9-14)18(13-17(15)19)22(24,25)26/h5-8,12-13H,9-11H2,1-4H3. The van der Waals surface area contributed by atoms with Gasteiger partial charge in [0.15, 0.2) is 0 Å². The van der Waals surface area contributed by atoms with Crippen molar-refractivity contribution in [3.8, 4) is 0 Å². The van der Waals surface area contributed by atoms with Gasteiger partial charge >= 0.3 is 13.3 Å². The van der Waals surface area contributed by atoms with Crippen molar-refractivity contribution in [2.75, 3.05) is 13.2 Å². The lowest BCUT2D eigenvalue weighted by atomic mass is 9.75. The molecular formula is C22H24BF3O3. The van der Waals surface area contributed by atoms with Crippen molar-refractivity contribution in [2.45, 2.75) is 51.5 Å². The Balaban J connectivity index is 1.88. The third-order valence-electron chi connectivity index (χ3n) is 6.17. The van der Waals surface area contributed by atoms with Gasteiger partial charge in [0.2, 0.25) is 0 Å². The number of rotatable bonds is 2. The molecule has 0 aromatic heterocycles.